The molecular weight excluding hydrogens is 244 g/mol. The lowest BCUT2D eigenvalue weighted by Gasteiger charge is -2.16. The summed E-state index contributed by atoms with van der Waals surface area (Å²) in [4.78, 5) is 24.6. The molecule has 19 heavy (non-hydrogen) atoms. The second-order valence-electron chi connectivity index (χ2n) is 4.03. The Labute approximate surface area is 111 Å². The van der Waals surface area contributed by atoms with Crippen molar-refractivity contribution in [2.75, 3.05) is 24.6 Å². The van der Waals surface area contributed by atoms with Crippen molar-refractivity contribution in [3.8, 4) is 0 Å². The molecule has 0 aromatic heterocycles. The molecule has 1 saturated heterocycles. The van der Waals surface area contributed by atoms with Crippen molar-refractivity contribution in [1.82, 2.24) is 5.32 Å². The highest BCUT2D eigenvalue weighted by molar-refractivity contribution is 5.97. The Morgan fingerprint density at radius 2 is 2.26 bits per heavy atom. The molecule has 1 aromatic rings. The molecule has 1 fully saturated rings. The zero-order valence-corrected chi connectivity index (χ0v) is 10.8. The van der Waals surface area contributed by atoms with Crippen molar-refractivity contribution in [3.63, 3.8) is 0 Å². The molecule has 5 nitrogen and oxygen atoms in total. The largest absolute Gasteiger partial charge is 0.463 e. The second kappa shape index (κ2) is 6.04. The summed E-state index contributed by atoms with van der Waals surface area (Å²) in [6, 6.07) is 7.33. The Kier molecular flexibility index (Phi) is 4.18. The molecule has 0 saturated carbocycles. The lowest BCUT2D eigenvalue weighted by Crippen LogP contribution is -2.28. The molecule has 1 aliphatic heterocycles. The van der Waals surface area contributed by atoms with Crippen LogP contribution in [0.1, 0.15) is 12.5 Å². The van der Waals surface area contributed by atoms with Crippen molar-refractivity contribution in [2.45, 2.75) is 6.92 Å². The van der Waals surface area contributed by atoms with Gasteiger partial charge in [-0.25, -0.2) is 9.59 Å². The molecule has 1 aromatic carbocycles. The number of carbonyl (C=O) groups excluding carboxylic acids is 2. The van der Waals surface area contributed by atoms with Gasteiger partial charge < -0.3 is 10.1 Å². The Balaban J connectivity index is 2.21. The summed E-state index contributed by atoms with van der Waals surface area (Å²) in [6.07, 6.45) is 3.04. The normalized spacial score (nSPS) is 14.8. The van der Waals surface area contributed by atoms with E-state index in [2.05, 4.69) is 5.32 Å². The Hall–Kier alpha value is -2.30. The van der Waals surface area contributed by atoms with Crippen LogP contribution in [0.25, 0.3) is 6.08 Å². The van der Waals surface area contributed by atoms with E-state index in [1.807, 2.05) is 24.3 Å². The van der Waals surface area contributed by atoms with E-state index in [1.54, 1.807) is 17.9 Å². The van der Waals surface area contributed by atoms with E-state index in [-0.39, 0.29) is 12.0 Å². The van der Waals surface area contributed by atoms with Gasteiger partial charge >= 0.3 is 12.0 Å². The minimum Gasteiger partial charge on any atom is -0.463 e. The molecule has 1 aliphatic rings. The van der Waals surface area contributed by atoms with Gasteiger partial charge in [0.25, 0.3) is 0 Å². The predicted molar refractivity (Wildman–Crippen MR) is 72.9 cm³/mol. The van der Waals surface area contributed by atoms with Gasteiger partial charge in [-0.1, -0.05) is 18.2 Å². The molecule has 0 bridgehead atoms. The zero-order chi connectivity index (χ0) is 13.7. The van der Waals surface area contributed by atoms with Crippen LogP contribution in [0, 0.1) is 0 Å². The lowest BCUT2D eigenvalue weighted by molar-refractivity contribution is -0.137. The number of anilines is 1. The van der Waals surface area contributed by atoms with E-state index in [4.69, 9.17) is 4.74 Å². The monoisotopic (exact) mass is 260 g/mol. The SMILES string of the molecule is CCOC(=O)/C=C/c1ccccc1N1CCNC1=O. The first-order valence-corrected chi connectivity index (χ1v) is 6.21. The number of carbonyl (C=O) groups is 2. The number of nitrogens with zero attached hydrogens (tertiary/aromatic N) is 1. The van der Waals surface area contributed by atoms with Crippen LogP contribution >= 0.6 is 0 Å². The Morgan fingerprint density at radius 3 is 2.95 bits per heavy atom. The van der Waals surface area contributed by atoms with Crippen molar-refractivity contribution in [2.24, 2.45) is 0 Å². The molecule has 0 unspecified atom stereocenters. The van der Waals surface area contributed by atoms with Crippen LogP contribution in [0.5, 0.6) is 0 Å². The van der Waals surface area contributed by atoms with E-state index in [1.165, 1.54) is 6.08 Å². The molecule has 1 N–H and O–H groups in total. The summed E-state index contributed by atoms with van der Waals surface area (Å²) in [7, 11) is 0. The molecule has 1 heterocycles. The minimum absolute atomic E-state index is 0.114. The quantitative estimate of drug-likeness (QED) is 0.663. The fraction of sp³-hybridized carbons (Fsp3) is 0.286. The molecule has 0 radical (unpaired) electrons. The summed E-state index contributed by atoms with van der Waals surface area (Å²) in [5, 5.41) is 2.75. The summed E-state index contributed by atoms with van der Waals surface area (Å²) < 4.78 is 4.83. The highest BCUT2D eigenvalue weighted by atomic mass is 16.5. The highest BCUT2D eigenvalue weighted by Crippen LogP contribution is 2.23. The average molecular weight is 260 g/mol. The molecule has 100 valence electrons. The second-order valence-corrected chi connectivity index (χ2v) is 4.03. The average Bonchev–Trinajstić information content (AvgIpc) is 2.83. The molecule has 2 amide bonds. The predicted octanol–water partition coefficient (Wildman–Crippen LogP) is 1.79. The van der Waals surface area contributed by atoms with Gasteiger partial charge in [-0.3, -0.25) is 4.90 Å². The summed E-state index contributed by atoms with van der Waals surface area (Å²) in [6.45, 7) is 3.37. The Bertz CT molecular complexity index is 511. The number of nitrogens with one attached hydrogen (secondary N) is 1. The maximum absolute atomic E-state index is 11.7. The smallest absolute Gasteiger partial charge is 0.330 e. The van der Waals surface area contributed by atoms with Gasteiger partial charge in [0.2, 0.25) is 0 Å². The van der Waals surface area contributed by atoms with Gasteiger partial charge in [-0.15, -0.1) is 0 Å². The fourth-order valence-electron chi connectivity index (χ4n) is 1.92. The van der Waals surface area contributed by atoms with E-state index >= 15 is 0 Å². The summed E-state index contributed by atoms with van der Waals surface area (Å²) in [5.41, 5.74) is 1.60. The maximum Gasteiger partial charge on any atom is 0.330 e. The third-order valence-electron chi connectivity index (χ3n) is 2.77. The summed E-state index contributed by atoms with van der Waals surface area (Å²) >= 11 is 0. The fourth-order valence-corrected chi connectivity index (χ4v) is 1.92. The topological polar surface area (TPSA) is 58.6 Å². The molecule has 5 heteroatoms. The number of urea groups is 1. The number of benzene rings is 1. The molecule has 0 spiro atoms. The van der Waals surface area contributed by atoms with Gasteiger partial charge in [0, 0.05) is 19.2 Å². The molecular formula is C14H16N2O3. The highest BCUT2D eigenvalue weighted by Gasteiger charge is 2.22. The third kappa shape index (κ3) is 3.13. The number of esters is 1. The number of amides is 2. The van der Waals surface area contributed by atoms with Crippen molar-refractivity contribution >= 4 is 23.8 Å². The summed E-state index contributed by atoms with van der Waals surface area (Å²) in [5.74, 6) is -0.386. The molecule has 0 atom stereocenters. The van der Waals surface area contributed by atoms with Crippen LogP contribution in [0.2, 0.25) is 0 Å². The first-order valence-electron chi connectivity index (χ1n) is 6.21. The van der Waals surface area contributed by atoms with E-state index in [9.17, 15) is 9.59 Å². The van der Waals surface area contributed by atoms with Gasteiger partial charge in [-0.2, -0.15) is 0 Å². The van der Waals surface area contributed by atoms with Crippen LogP contribution in [0.4, 0.5) is 10.5 Å². The Morgan fingerprint density at radius 1 is 1.47 bits per heavy atom. The van der Waals surface area contributed by atoms with Gasteiger partial charge in [0.15, 0.2) is 0 Å². The number of ether oxygens (including phenoxy) is 1. The number of hydrogen-bond acceptors (Lipinski definition) is 3. The van der Waals surface area contributed by atoms with E-state index in [0.717, 1.165) is 11.3 Å². The van der Waals surface area contributed by atoms with Gasteiger partial charge in [0.05, 0.1) is 12.3 Å². The minimum atomic E-state index is -0.386. The number of para-hydroxylation sites is 1. The van der Waals surface area contributed by atoms with E-state index < -0.39 is 0 Å². The lowest BCUT2D eigenvalue weighted by atomic mass is 10.1. The van der Waals surface area contributed by atoms with Crippen LogP contribution in [0.3, 0.4) is 0 Å². The van der Waals surface area contributed by atoms with Crippen molar-refractivity contribution < 1.29 is 14.3 Å². The number of hydrogen-bond donors (Lipinski definition) is 1. The first kappa shape index (κ1) is 13.1. The zero-order valence-electron chi connectivity index (χ0n) is 10.8. The van der Waals surface area contributed by atoms with Crippen LogP contribution in [-0.4, -0.2) is 31.7 Å². The third-order valence-corrected chi connectivity index (χ3v) is 2.77. The number of rotatable bonds is 4. The van der Waals surface area contributed by atoms with Crippen LogP contribution in [0.15, 0.2) is 30.3 Å². The van der Waals surface area contributed by atoms with Gasteiger partial charge in [0.1, 0.15) is 0 Å². The first-order chi connectivity index (χ1) is 9.22. The molecule has 0 aliphatic carbocycles. The van der Waals surface area contributed by atoms with Crippen LogP contribution < -0.4 is 10.2 Å². The van der Waals surface area contributed by atoms with Gasteiger partial charge in [-0.05, 0) is 24.6 Å². The maximum atomic E-state index is 11.7. The standard InChI is InChI=1S/C14H16N2O3/c1-2-19-13(17)8-7-11-5-3-4-6-12(11)16-10-9-15-14(16)18/h3-8H,2,9-10H2,1H3,(H,15,18)/b8-7+. The van der Waals surface area contributed by atoms with Crippen molar-refractivity contribution in [1.29, 1.82) is 0 Å². The van der Waals surface area contributed by atoms with Crippen LogP contribution in [-0.2, 0) is 9.53 Å². The van der Waals surface area contributed by atoms with E-state index in [0.29, 0.717) is 19.7 Å². The molecule has 2 rings (SSSR count). The van der Waals surface area contributed by atoms with Crippen molar-refractivity contribution in [3.05, 3.63) is 35.9 Å².